The van der Waals surface area contributed by atoms with Crippen molar-refractivity contribution in [3.05, 3.63) is 48.1 Å². The molecule has 0 saturated heterocycles. The molecule has 2 aliphatic rings. The first-order valence-corrected chi connectivity index (χ1v) is 10.0. The number of carbonyl (C=O) groups excluding carboxylic acids is 4. The Balaban J connectivity index is 1.56. The number of ether oxygens (including phenoxy) is 3. The van der Waals surface area contributed by atoms with Crippen molar-refractivity contribution < 1.29 is 38.5 Å². The van der Waals surface area contributed by atoms with E-state index < -0.39 is 42.1 Å². The molecule has 0 aromatic heterocycles. The smallest absolute Gasteiger partial charge is 0.331 e. The standard InChI is InChI=1S/C23H24O8/c1-13(29-21(27)11-8-15-6-9-16(25)10-7-15)22(28)17-12-18(17)23(30-14(2)24)19-4-3-5-20(26)31-19/h3,5-11,13,17-19,23,25H,4,12H2,1-2H3/t13?,17-,18-,19+,23-/m0/s1. The van der Waals surface area contributed by atoms with Crippen molar-refractivity contribution in [2.24, 2.45) is 11.8 Å². The topological polar surface area (TPSA) is 116 Å². The van der Waals surface area contributed by atoms with Crippen LogP contribution in [0.15, 0.2) is 42.5 Å². The van der Waals surface area contributed by atoms with Gasteiger partial charge in [0, 0.05) is 37.3 Å². The van der Waals surface area contributed by atoms with Crippen molar-refractivity contribution in [2.75, 3.05) is 0 Å². The van der Waals surface area contributed by atoms with E-state index in [-0.39, 0.29) is 17.5 Å². The molecule has 1 aliphatic heterocycles. The van der Waals surface area contributed by atoms with Crippen LogP contribution in [0.2, 0.25) is 0 Å². The number of cyclic esters (lactones) is 1. The molecule has 1 saturated carbocycles. The van der Waals surface area contributed by atoms with Gasteiger partial charge in [0.2, 0.25) is 0 Å². The van der Waals surface area contributed by atoms with Gasteiger partial charge in [-0.15, -0.1) is 0 Å². The molecule has 164 valence electrons. The minimum atomic E-state index is -0.973. The summed E-state index contributed by atoms with van der Waals surface area (Å²) in [6, 6.07) is 6.24. The lowest BCUT2D eigenvalue weighted by Crippen LogP contribution is -2.38. The molecule has 1 unspecified atom stereocenters. The van der Waals surface area contributed by atoms with E-state index in [1.54, 1.807) is 18.2 Å². The summed E-state index contributed by atoms with van der Waals surface area (Å²) < 4.78 is 15.8. The summed E-state index contributed by atoms with van der Waals surface area (Å²) in [5.74, 6) is -2.61. The third-order valence-corrected chi connectivity index (χ3v) is 5.18. The van der Waals surface area contributed by atoms with Crippen LogP contribution in [0.3, 0.4) is 0 Å². The Hall–Kier alpha value is -3.42. The van der Waals surface area contributed by atoms with E-state index in [1.165, 1.54) is 44.2 Å². The molecule has 8 nitrogen and oxygen atoms in total. The second-order valence-corrected chi connectivity index (χ2v) is 7.60. The average molecular weight is 428 g/mol. The summed E-state index contributed by atoms with van der Waals surface area (Å²) >= 11 is 0. The van der Waals surface area contributed by atoms with Gasteiger partial charge in [0.1, 0.15) is 18.0 Å². The van der Waals surface area contributed by atoms with Gasteiger partial charge in [-0.25, -0.2) is 9.59 Å². The molecule has 0 bridgehead atoms. The predicted octanol–water partition coefficient (Wildman–Crippen LogP) is 2.35. The molecular weight excluding hydrogens is 404 g/mol. The van der Waals surface area contributed by atoms with Gasteiger partial charge in [0.05, 0.1) is 0 Å². The van der Waals surface area contributed by atoms with Crippen LogP contribution in [-0.4, -0.2) is 47.1 Å². The average Bonchev–Trinajstić information content (AvgIpc) is 3.51. The molecule has 8 heteroatoms. The minimum absolute atomic E-state index is 0.115. The van der Waals surface area contributed by atoms with Crippen LogP contribution in [0.5, 0.6) is 5.75 Å². The number of rotatable bonds is 8. The van der Waals surface area contributed by atoms with Crippen LogP contribution in [0, 0.1) is 11.8 Å². The number of phenols is 1. The third kappa shape index (κ3) is 6.04. The Morgan fingerprint density at radius 1 is 1.19 bits per heavy atom. The van der Waals surface area contributed by atoms with Gasteiger partial charge in [0.15, 0.2) is 11.9 Å². The Morgan fingerprint density at radius 3 is 2.55 bits per heavy atom. The Kier molecular flexibility index (Phi) is 6.89. The van der Waals surface area contributed by atoms with Gasteiger partial charge >= 0.3 is 17.9 Å². The molecule has 1 aliphatic carbocycles. The quantitative estimate of drug-likeness (QED) is 0.381. The van der Waals surface area contributed by atoms with Crippen molar-refractivity contribution >= 4 is 29.8 Å². The van der Waals surface area contributed by atoms with Gasteiger partial charge in [0.25, 0.3) is 0 Å². The maximum atomic E-state index is 12.7. The van der Waals surface area contributed by atoms with E-state index in [9.17, 15) is 24.3 Å². The second-order valence-electron chi connectivity index (χ2n) is 7.60. The van der Waals surface area contributed by atoms with Gasteiger partial charge < -0.3 is 19.3 Å². The minimum Gasteiger partial charge on any atom is -0.508 e. The first kappa shape index (κ1) is 22.3. The van der Waals surface area contributed by atoms with Crippen LogP contribution < -0.4 is 0 Å². The normalized spacial score (nSPS) is 24.2. The van der Waals surface area contributed by atoms with Crippen LogP contribution >= 0.6 is 0 Å². The second kappa shape index (κ2) is 9.59. The monoisotopic (exact) mass is 428 g/mol. The number of esters is 3. The number of hydrogen-bond acceptors (Lipinski definition) is 8. The highest BCUT2D eigenvalue weighted by atomic mass is 16.6. The maximum absolute atomic E-state index is 12.7. The van der Waals surface area contributed by atoms with Crippen molar-refractivity contribution in [1.82, 2.24) is 0 Å². The van der Waals surface area contributed by atoms with Gasteiger partial charge in [-0.1, -0.05) is 18.2 Å². The molecule has 1 aromatic rings. The van der Waals surface area contributed by atoms with Crippen LogP contribution in [-0.2, 0) is 33.4 Å². The van der Waals surface area contributed by atoms with E-state index in [0.717, 1.165) is 0 Å². The Bertz CT molecular complexity index is 914. The lowest BCUT2D eigenvalue weighted by Gasteiger charge is -2.27. The summed E-state index contributed by atoms with van der Waals surface area (Å²) in [6.45, 7) is 2.76. The molecule has 0 spiro atoms. The van der Waals surface area contributed by atoms with Crippen molar-refractivity contribution in [1.29, 1.82) is 0 Å². The SMILES string of the molecule is CC(=O)O[C@@H]([C@H]1C[C@@H]1C(=O)C(C)OC(=O)C=Cc1ccc(O)cc1)[C@H]1CC=CC(=O)O1. The maximum Gasteiger partial charge on any atom is 0.331 e. The highest BCUT2D eigenvalue weighted by Gasteiger charge is 2.53. The molecule has 5 atom stereocenters. The molecule has 1 heterocycles. The number of carbonyl (C=O) groups is 4. The predicted molar refractivity (Wildman–Crippen MR) is 108 cm³/mol. The zero-order valence-corrected chi connectivity index (χ0v) is 17.2. The van der Waals surface area contributed by atoms with E-state index in [2.05, 4.69) is 0 Å². The number of ketones is 1. The summed E-state index contributed by atoms with van der Waals surface area (Å²) in [6.07, 6.45) is 4.19. The third-order valence-electron chi connectivity index (χ3n) is 5.18. The van der Waals surface area contributed by atoms with Crippen molar-refractivity contribution in [3.63, 3.8) is 0 Å². The largest absolute Gasteiger partial charge is 0.508 e. The van der Waals surface area contributed by atoms with Crippen molar-refractivity contribution in [2.45, 2.75) is 45.0 Å². The number of Topliss-reactive ketones (excluding diaryl/α,β-unsaturated/α-hetero) is 1. The molecule has 0 amide bonds. The molecular formula is C23H24O8. The van der Waals surface area contributed by atoms with Gasteiger partial charge in [-0.2, -0.15) is 0 Å². The van der Waals surface area contributed by atoms with Gasteiger partial charge in [-0.3, -0.25) is 9.59 Å². The van der Waals surface area contributed by atoms with E-state index in [0.29, 0.717) is 18.4 Å². The fourth-order valence-corrected chi connectivity index (χ4v) is 3.59. The molecule has 1 aromatic carbocycles. The van der Waals surface area contributed by atoms with Crippen LogP contribution in [0.25, 0.3) is 6.08 Å². The van der Waals surface area contributed by atoms with E-state index in [4.69, 9.17) is 14.2 Å². The highest BCUT2D eigenvalue weighted by molar-refractivity contribution is 5.93. The first-order valence-electron chi connectivity index (χ1n) is 10.0. The van der Waals surface area contributed by atoms with E-state index in [1.807, 2.05) is 0 Å². The van der Waals surface area contributed by atoms with E-state index >= 15 is 0 Å². The summed E-state index contributed by atoms with van der Waals surface area (Å²) in [4.78, 5) is 47.8. The zero-order chi connectivity index (χ0) is 22.5. The molecule has 0 radical (unpaired) electrons. The fourth-order valence-electron chi connectivity index (χ4n) is 3.59. The lowest BCUT2D eigenvalue weighted by molar-refractivity contribution is -0.167. The molecule has 1 N–H and O–H groups in total. The Morgan fingerprint density at radius 2 is 1.90 bits per heavy atom. The molecule has 3 rings (SSSR count). The number of benzene rings is 1. The van der Waals surface area contributed by atoms with Gasteiger partial charge in [-0.05, 0) is 37.1 Å². The first-order chi connectivity index (χ1) is 14.7. The van der Waals surface area contributed by atoms with Crippen LogP contribution in [0.4, 0.5) is 0 Å². The zero-order valence-electron chi connectivity index (χ0n) is 17.2. The van der Waals surface area contributed by atoms with Crippen molar-refractivity contribution in [3.8, 4) is 5.75 Å². The number of phenolic OH excluding ortho intramolecular Hbond substituents is 1. The summed E-state index contributed by atoms with van der Waals surface area (Å²) in [5.41, 5.74) is 0.691. The fraction of sp³-hybridized carbons (Fsp3) is 0.391. The highest BCUT2D eigenvalue weighted by Crippen LogP contribution is 2.46. The number of hydrogen-bond donors (Lipinski definition) is 1. The Labute approximate surface area is 179 Å². The summed E-state index contributed by atoms with van der Waals surface area (Å²) in [7, 11) is 0. The molecule has 1 fully saturated rings. The van der Waals surface area contributed by atoms with Crippen LogP contribution in [0.1, 0.15) is 32.3 Å². The number of aromatic hydroxyl groups is 1. The molecule has 31 heavy (non-hydrogen) atoms. The lowest BCUT2D eigenvalue weighted by atomic mass is 10.0. The summed E-state index contributed by atoms with van der Waals surface area (Å²) in [5, 5.41) is 9.27.